The molecule has 2 aliphatic rings. The summed E-state index contributed by atoms with van der Waals surface area (Å²) in [5.41, 5.74) is 0. The molecule has 0 unspecified atom stereocenters. The van der Waals surface area contributed by atoms with Crippen molar-refractivity contribution in [3.63, 3.8) is 0 Å². The summed E-state index contributed by atoms with van der Waals surface area (Å²) in [6, 6.07) is 2.79. The maximum absolute atomic E-state index is 8.64. The summed E-state index contributed by atoms with van der Waals surface area (Å²) in [7, 11) is 2.17. The number of unbranched alkanes of at least 4 members (excludes halogenated alkanes) is 1. The molecule has 1 aliphatic carbocycles. The van der Waals surface area contributed by atoms with Crippen molar-refractivity contribution in [1.29, 1.82) is 5.26 Å². The highest BCUT2D eigenvalue weighted by atomic mass is 16.5. The fourth-order valence-electron chi connectivity index (χ4n) is 3.15. The molecule has 2 heterocycles. The zero-order chi connectivity index (χ0) is 15.4. The molecule has 1 aromatic heterocycles. The Morgan fingerprint density at radius 1 is 1.41 bits per heavy atom. The molecule has 6 heteroatoms. The Kier molecular flexibility index (Phi) is 5.06. The molecule has 0 aromatic carbocycles. The highest BCUT2D eigenvalue weighted by molar-refractivity contribution is 5.01. The Balaban J connectivity index is 1.48. The van der Waals surface area contributed by atoms with Gasteiger partial charge in [-0.1, -0.05) is 5.16 Å². The second-order valence-corrected chi connectivity index (χ2v) is 6.60. The van der Waals surface area contributed by atoms with Gasteiger partial charge in [0.05, 0.1) is 12.6 Å². The summed E-state index contributed by atoms with van der Waals surface area (Å²) in [6.07, 6.45) is 6.44. The smallest absolute Gasteiger partial charge is 0.229 e. The van der Waals surface area contributed by atoms with Crippen molar-refractivity contribution in [2.75, 3.05) is 26.7 Å². The predicted octanol–water partition coefficient (Wildman–Crippen LogP) is 2.15. The third-order valence-corrected chi connectivity index (χ3v) is 4.68. The van der Waals surface area contributed by atoms with Crippen LogP contribution in [0.2, 0.25) is 0 Å². The molecule has 1 saturated heterocycles. The van der Waals surface area contributed by atoms with Crippen LogP contribution in [0.4, 0.5) is 0 Å². The van der Waals surface area contributed by atoms with E-state index in [9.17, 15) is 0 Å². The Labute approximate surface area is 132 Å². The van der Waals surface area contributed by atoms with Gasteiger partial charge in [0.25, 0.3) is 0 Å². The zero-order valence-corrected chi connectivity index (χ0v) is 13.4. The summed E-state index contributed by atoms with van der Waals surface area (Å²) in [6.45, 7) is 3.95. The molecule has 1 saturated carbocycles. The van der Waals surface area contributed by atoms with Crippen molar-refractivity contribution >= 4 is 0 Å². The van der Waals surface area contributed by atoms with E-state index in [1.165, 1.54) is 25.7 Å². The van der Waals surface area contributed by atoms with Gasteiger partial charge >= 0.3 is 0 Å². The van der Waals surface area contributed by atoms with Crippen LogP contribution in [0.5, 0.6) is 0 Å². The van der Waals surface area contributed by atoms with Gasteiger partial charge in [0.2, 0.25) is 5.89 Å². The fourth-order valence-corrected chi connectivity index (χ4v) is 3.15. The third kappa shape index (κ3) is 4.05. The number of nitriles is 1. The molecule has 6 nitrogen and oxygen atoms in total. The number of hydrogen-bond acceptors (Lipinski definition) is 6. The molecular weight excluding hydrogens is 278 g/mol. The molecule has 0 radical (unpaired) electrons. The number of rotatable bonds is 7. The third-order valence-electron chi connectivity index (χ3n) is 4.68. The summed E-state index contributed by atoms with van der Waals surface area (Å²) < 4.78 is 5.34. The Morgan fingerprint density at radius 3 is 3.05 bits per heavy atom. The molecule has 0 spiro atoms. The Morgan fingerprint density at radius 2 is 2.27 bits per heavy atom. The van der Waals surface area contributed by atoms with E-state index in [0.717, 1.165) is 44.3 Å². The lowest BCUT2D eigenvalue weighted by Gasteiger charge is -2.37. The molecule has 1 aromatic rings. The first-order valence-corrected chi connectivity index (χ1v) is 8.38. The van der Waals surface area contributed by atoms with Crippen LogP contribution in [0.25, 0.3) is 0 Å². The summed E-state index contributed by atoms with van der Waals surface area (Å²) in [5.74, 6) is 2.19. The average Bonchev–Trinajstić information content (AvgIpc) is 3.28. The van der Waals surface area contributed by atoms with Crippen LogP contribution >= 0.6 is 0 Å². The molecule has 0 N–H and O–H groups in total. The van der Waals surface area contributed by atoms with Crippen molar-refractivity contribution in [2.24, 2.45) is 0 Å². The number of likely N-dealkylation sites (N-methyl/N-ethyl adjacent to an activating group) is 1. The first kappa shape index (κ1) is 15.4. The predicted molar refractivity (Wildman–Crippen MR) is 82.0 cm³/mol. The van der Waals surface area contributed by atoms with E-state index in [4.69, 9.17) is 9.78 Å². The minimum absolute atomic E-state index is 0.529. The number of likely N-dealkylation sites (tertiary alicyclic amines) is 1. The second-order valence-electron chi connectivity index (χ2n) is 6.60. The van der Waals surface area contributed by atoms with Crippen molar-refractivity contribution < 1.29 is 4.52 Å². The van der Waals surface area contributed by atoms with E-state index in [2.05, 4.69) is 33.1 Å². The van der Waals surface area contributed by atoms with Crippen molar-refractivity contribution in [2.45, 2.75) is 57.0 Å². The van der Waals surface area contributed by atoms with Gasteiger partial charge in [0.15, 0.2) is 5.82 Å². The van der Waals surface area contributed by atoms with Gasteiger partial charge < -0.3 is 9.42 Å². The van der Waals surface area contributed by atoms with Gasteiger partial charge in [0, 0.05) is 24.9 Å². The maximum Gasteiger partial charge on any atom is 0.229 e. The van der Waals surface area contributed by atoms with Crippen LogP contribution in [-0.4, -0.2) is 52.7 Å². The SMILES string of the molecule is CN(CCCC#N)[C@@H]1CCCN(Cc2noc(C3CC3)n2)C1. The Bertz CT molecular complexity index is 519. The molecular formula is C16H25N5O. The highest BCUT2D eigenvalue weighted by Crippen LogP contribution is 2.38. The van der Waals surface area contributed by atoms with Gasteiger partial charge in [0.1, 0.15) is 0 Å². The molecule has 2 fully saturated rings. The topological polar surface area (TPSA) is 69.2 Å². The molecule has 3 rings (SSSR count). The van der Waals surface area contributed by atoms with E-state index >= 15 is 0 Å². The lowest BCUT2D eigenvalue weighted by Crippen LogP contribution is -2.46. The minimum Gasteiger partial charge on any atom is -0.339 e. The van der Waals surface area contributed by atoms with Crippen LogP contribution in [0.1, 0.15) is 56.2 Å². The monoisotopic (exact) mass is 303 g/mol. The second kappa shape index (κ2) is 7.21. The number of nitrogens with zero attached hydrogens (tertiary/aromatic N) is 5. The van der Waals surface area contributed by atoms with Gasteiger partial charge in [-0.2, -0.15) is 10.2 Å². The van der Waals surface area contributed by atoms with Crippen molar-refractivity contribution in [3.8, 4) is 6.07 Å². The zero-order valence-electron chi connectivity index (χ0n) is 13.4. The van der Waals surface area contributed by atoms with E-state index in [-0.39, 0.29) is 0 Å². The minimum atomic E-state index is 0.529. The summed E-state index contributed by atoms with van der Waals surface area (Å²) in [5, 5.41) is 12.8. The van der Waals surface area contributed by atoms with Crippen LogP contribution < -0.4 is 0 Å². The van der Waals surface area contributed by atoms with E-state index < -0.39 is 0 Å². The van der Waals surface area contributed by atoms with Crippen LogP contribution in [0, 0.1) is 11.3 Å². The van der Waals surface area contributed by atoms with Gasteiger partial charge in [-0.3, -0.25) is 4.90 Å². The van der Waals surface area contributed by atoms with E-state index in [1.54, 1.807) is 0 Å². The lowest BCUT2D eigenvalue weighted by molar-refractivity contribution is 0.108. The van der Waals surface area contributed by atoms with Gasteiger partial charge in [-0.05, 0) is 52.2 Å². The Hall–Kier alpha value is -1.45. The normalized spacial score (nSPS) is 22.9. The molecule has 22 heavy (non-hydrogen) atoms. The van der Waals surface area contributed by atoms with E-state index in [0.29, 0.717) is 18.4 Å². The fraction of sp³-hybridized carbons (Fsp3) is 0.812. The van der Waals surface area contributed by atoms with Crippen LogP contribution in [0.15, 0.2) is 4.52 Å². The lowest BCUT2D eigenvalue weighted by atomic mass is 10.0. The van der Waals surface area contributed by atoms with E-state index in [1.807, 2.05) is 0 Å². The first-order valence-electron chi connectivity index (χ1n) is 8.38. The van der Waals surface area contributed by atoms with Crippen molar-refractivity contribution in [3.05, 3.63) is 11.7 Å². The maximum atomic E-state index is 8.64. The molecule has 0 bridgehead atoms. The summed E-state index contributed by atoms with van der Waals surface area (Å²) in [4.78, 5) is 9.35. The average molecular weight is 303 g/mol. The molecule has 0 amide bonds. The number of aromatic nitrogens is 2. The van der Waals surface area contributed by atoms with Crippen LogP contribution in [0.3, 0.4) is 0 Å². The number of piperidine rings is 1. The van der Waals surface area contributed by atoms with Gasteiger partial charge in [-0.15, -0.1) is 0 Å². The van der Waals surface area contributed by atoms with Crippen LogP contribution in [-0.2, 0) is 6.54 Å². The largest absolute Gasteiger partial charge is 0.339 e. The quantitative estimate of drug-likeness (QED) is 0.719. The number of hydrogen-bond donors (Lipinski definition) is 0. The summed E-state index contributed by atoms with van der Waals surface area (Å²) >= 11 is 0. The molecule has 1 atom stereocenters. The van der Waals surface area contributed by atoms with Crippen molar-refractivity contribution in [1.82, 2.24) is 19.9 Å². The highest BCUT2D eigenvalue weighted by Gasteiger charge is 2.30. The standard InChI is InChI=1S/C16H25N5O/c1-20(9-3-2-8-17)14-5-4-10-21(11-14)12-15-18-16(22-19-15)13-6-7-13/h13-14H,2-7,9-12H2,1H3/t14-/m1/s1. The first-order chi connectivity index (χ1) is 10.8. The molecule has 120 valence electrons. The van der Waals surface area contributed by atoms with Gasteiger partial charge in [-0.25, -0.2) is 0 Å². The molecule has 1 aliphatic heterocycles.